The molecule has 0 saturated heterocycles. The first-order chi connectivity index (χ1) is 6.19. The molecule has 1 atom stereocenters. The monoisotopic (exact) mass is 200 g/mol. The Hall–Kier alpha value is -0.640. The Morgan fingerprint density at radius 2 is 2.31 bits per heavy atom. The fourth-order valence-electron chi connectivity index (χ4n) is 1.14. The maximum absolute atomic E-state index is 9.02. The zero-order chi connectivity index (χ0) is 9.84. The Labute approximate surface area is 82.8 Å². The lowest BCUT2D eigenvalue weighted by atomic mass is 10.1. The van der Waals surface area contributed by atoms with E-state index < -0.39 is 0 Å². The molecule has 3 nitrogen and oxygen atoms in total. The molecular formula is C9H13ClN2O. The Bertz CT molecular complexity index is 287. The van der Waals surface area contributed by atoms with E-state index >= 15 is 0 Å². The lowest BCUT2D eigenvalue weighted by molar-refractivity contribution is 0.251. The molecule has 2 N–H and O–H groups in total. The predicted octanol–water partition coefficient (Wildman–Crippen LogP) is 1.30. The van der Waals surface area contributed by atoms with Gasteiger partial charge in [-0.15, -0.1) is 0 Å². The third kappa shape index (κ3) is 2.40. The first-order valence-electron chi connectivity index (χ1n) is 4.10. The maximum Gasteiger partial charge on any atom is 0.134 e. The molecule has 0 amide bonds. The summed E-state index contributed by atoms with van der Waals surface area (Å²) in [6, 6.07) is 3.61. The zero-order valence-corrected chi connectivity index (χ0v) is 8.47. The molecule has 0 saturated carbocycles. The number of nitrogens with zero attached hydrogens (tertiary/aromatic N) is 1. The number of likely N-dealkylation sites (N-methyl/N-ethyl adjacent to an activating group) is 1. The highest BCUT2D eigenvalue weighted by molar-refractivity contribution is 6.30. The molecule has 0 aliphatic heterocycles. The number of rotatable bonds is 3. The summed E-state index contributed by atoms with van der Waals surface area (Å²) >= 11 is 5.92. The molecule has 1 aromatic rings. The first kappa shape index (κ1) is 10.4. The smallest absolute Gasteiger partial charge is 0.134 e. The summed E-state index contributed by atoms with van der Waals surface area (Å²) in [5, 5.41) is 12.4. The second kappa shape index (κ2) is 4.56. The van der Waals surface area contributed by atoms with Gasteiger partial charge in [-0.2, -0.15) is 0 Å². The molecule has 0 radical (unpaired) electrons. The van der Waals surface area contributed by atoms with Gasteiger partial charge < -0.3 is 10.4 Å². The number of hydrogen-bond donors (Lipinski definition) is 2. The average molecular weight is 201 g/mol. The van der Waals surface area contributed by atoms with Gasteiger partial charge in [0.25, 0.3) is 0 Å². The maximum atomic E-state index is 9.02. The van der Waals surface area contributed by atoms with Gasteiger partial charge in [-0.1, -0.05) is 17.7 Å². The molecule has 0 aliphatic rings. The molecule has 1 aromatic heterocycles. The quantitative estimate of drug-likeness (QED) is 0.723. The number of aliphatic hydroxyl groups excluding tert-OH is 1. The lowest BCUT2D eigenvalue weighted by Gasteiger charge is -2.14. The number of halogens is 1. The van der Waals surface area contributed by atoms with Gasteiger partial charge in [-0.3, -0.25) is 0 Å². The normalized spacial score (nSPS) is 12.9. The molecular weight excluding hydrogens is 188 g/mol. The second-order valence-electron chi connectivity index (χ2n) is 2.86. The van der Waals surface area contributed by atoms with Crippen molar-refractivity contribution in [3.63, 3.8) is 0 Å². The number of aromatic nitrogens is 1. The van der Waals surface area contributed by atoms with Gasteiger partial charge in [0.05, 0.1) is 12.6 Å². The number of aryl methyl sites for hydroxylation is 1. The fraction of sp³-hybridized carbons (Fsp3) is 0.444. The molecule has 1 rings (SSSR count). The summed E-state index contributed by atoms with van der Waals surface area (Å²) in [6.45, 7) is 1.89. The van der Waals surface area contributed by atoms with E-state index in [0.29, 0.717) is 5.15 Å². The molecule has 72 valence electrons. The van der Waals surface area contributed by atoms with Crippen LogP contribution in [-0.2, 0) is 0 Å². The van der Waals surface area contributed by atoms with E-state index in [-0.39, 0.29) is 12.6 Å². The van der Waals surface area contributed by atoms with Crippen molar-refractivity contribution in [3.05, 3.63) is 28.5 Å². The van der Waals surface area contributed by atoms with Crippen molar-refractivity contribution in [2.75, 3.05) is 13.7 Å². The Morgan fingerprint density at radius 1 is 1.62 bits per heavy atom. The van der Waals surface area contributed by atoms with Crippen LogP contribution in [0.5, 0.6) is 0 Å². The van der Waals surface area contributed by atoms with Crippen LogP contribution in [0.4, 0.5) is 0 Å². The standard InChI is InChI=1S/C9H13ClN2O/c1-6-3-4-7(9(10)12-6)8(5-13)11-2/h3-4,8,11,13H,5H2,1-2H3/t8-/m1/s1. The predicted molar refractivity (Wildman–Crippen MR) is 52.9 cm³/mol. The van der Waals surface area contributed by atoms with Crippen molar-refractivity contribution in [2.24, 2.45) is 0 Å². The van der Waals surface area contributed by atoms with E-state index in [1.165, 1.54) is 0 Å². The highest BCUT2D eigenvalue weighted by Gasteiger charge is 2.11. The number of nitrogens with one attached hydrogen (secondary N) is 1. The second-order valence-corrected chi connectivity index (χ2v) is 3.21. The summed E-state index contributed by atoms with van der Waals surface area (Å²) < 4.78 is 0. The Balaban J connectivity index is 2.99. The first-order valence-corrected chi connectivity index (χ1v) is 4.48. The topological polar surface area (TPSA) is 45.1 Å². The van der Waals surface area contributed by atoms with E-state index in [1.54, 1.807) is 7.05 Å². The van der Waals surface area contributed by atoms with Crippen LogP contribution in [-0.4, -0.2) is 23.7 Å². The average Bonchev–Trinajstić information content (AvgIpc) is 2.10. The Kier molecular flexibility index (Phi) is 3.66. The van der Waals surface area contributed by atoms with Crippen LogP contribution >= 0.6 is 11.6 Å². The van der Waals surface area contributed by atoms with Crippen LogP contribution in [0.25, 0.3) is 0 Å². The minimum atomic E-state index is -0.138. The molecule has 0 fully saturated rings. The lowest BCUT2D eigenvalue weighted by Crippen LogP contribution is -2.20. The molecule has 0 aliphatic carbocycles. The number of hydrogen-bond acceptors (Lipinski definition) is 3. The van der Waals surface area contributed by atoms with Crippen LogP contribution in [0.15, 0.2) is 12.1 Å². The molecule has 0 spiro atoms. The molecule has 1 heterocycles. The summed E-state index contributed by atoms with van der Waals surface area (Å²) in [5.74, 6) is 0. The fourth-order valence-corrected chi connectivity index (χ4v) is 1.47. The van der Waals surface area contributed by atoms with E-state index in [9.17, 15) is 0 Å². The van der Waals surface area contributed by atoms with Gasteiger partial charge in [0, 0.05) is 11.3 Å². The molecule has 0 unspecified atom stereocenters. The van der Waals surface area contributed by atoms with Crippen molar-refractivity contribution < 1.29 is 5.11 Å². The van der Waals surface area contributed by atoms with Gasteiger partial charge in [-0.05, 0) is 20.0 Å². The summed E-state index contributed by atoms with van der Waals surface area (Å²) in [4.78, 5) is 4.10. The van der Waals surface area contributed by atoms with Gasteiger partial charge >= 0.3 is 0 Å². The van der Waals surface area contributed by atoms with Crippen molar-refractivity contribution in [1.82, 2.24) is 10.3 Å². The summed E-state index contributed by atoms with van der Waals surface area (Å²) in [6.07, 6.45) is 0. The minimum absolute atomic E-state index is 0.0148. The SMILES string of the molecule is CN[C@H](CO)c1ccc(C)nc1Cl. The van der Waals surface area contributed by atoms with E-state index in [0.717, 1.165) is 11.3 Å². The van der Waals surface area contributed by atoms with Gasteiger partial charge in [0.1, 0.15) is 5.15 Å². The summed E-state index contributed by atoms with van der Waals surface area (Å²) in [5.41, 5.74) is 1.71. The molecule has 13 heavy (non-hydrogen) atoms. The van der Waals surface area contributed by atoms with Crippen LogP contribution in [0, 0.1) is 6.92 Å². The van der Waals surface area contributed by atoms with E-state index in [2.05, 4.69) is 10.3 Å². The van der Waals surface area contributed by atoms with Crippen LogP contribution < -0.4 is 5.32 Å². The van der Waals surface area contributed by atoms with E-state index in [4.69, 9.17) is 16.7 Å². The third-order valence-electron chi connectivity index (χ3n) is 1.92. The molecule has 0 bridgehead atoms. The van der Waals surface area contributed by atoms with Gasteiger partial charge in [0.2, 0.25) is 0 Å². The van der Waals surface area contributed by atoms with Crippen LogP contribution in [0.3, 0.4) is 0 Å². The number of aliphatic hydroxyl groups is 1. The highest BCUT2D eigenvalue weighted by Crippen LogP contribution is 2.20. The van der Waals surface area contributed by atoms with Crippen LogP contribution in [0.1, 0.15) is 17.3 Å². The van der Waals surface area contributed by atoms with Crippen LogP contribution in [0.2, 0.25) is 5.15 Å². The molecule has 4 heteroatoms. The van der Waals surface area contributed by atoms with Crippen molar-refractivity contribution >= 4 is 11.6 Å². The minimum Gasteiger partial charge on any atom is -0.394 e. The van der Waals surface area contributed by atoms with Crippen molar-refractivity contribution in [2.45, 2.75) is 13.0 Å². The van der Waals surface area contributed by atoms with Gasteiger partial charge in [0.15, 0.2) is 0 Å². The van der Waals surface area contributed by atoms with Crippen molar-refractivity contribution in [3.8, 4) is 0 Å². The number of pyridine rings is 1. The zero-order valence-electron chi connectivity index (χ0n) is 7.71. The largest absolute Gasteiger partial charge is 0.394 e. The molecule has 0 aromatic carbocycles. The summed E-state index contributed by atoms with van der Waals surface area (Å²) in [7, 11) is 1.77. The van der Waals surface area contributed by atoms with E-state index in [1.807, 2.05) is 19.1 Å². The Morgan fingerprint density at radius 3 is 2.77 bits per heavy atom. The van der Waals surface area contributed by atoms with Crippen molar-refractivity contribution in [1.29, 1.82) is 0 Å². The third-order valence-corrected chi connectivity index (χ3v) is 2.23. The van der Waals surface area contributed by atoms with Gasteiger partial charge in [-0.25, -0.2) is 4.98 Å². The highest BCUT2D eigenvalue weighted by atomic mass is 35.5.